The number of benzene rings is 1. The minimum atomic E-state index is -0.683. The Kier molecular flexibility index (Phi) is 5.61. The zero-order valence-electron chi connectivity index (χ0n) is 16.2. The van der Waals surface area contributed by atoms with Gasteiger partial charge in [0.1, 0.15) is 17.1 Å². The summed E-state index contributed by atoms with van der Waals surface area (Å²) in [4.78, 5) is 44.8. The van der Waals surface area contributed by atoms with E-state index in [9.17, 15) is 18.8 Å². The van der Waals surface area contributed by atoms with Crippen LogP contribution < -0.4 is 21.5 Å². The molecule has 1 aromatic carbocycles. The molecule has 3 aromatic rings. The Labute approximate surface area is 179 Å². The quantitative estimate of drug-likeness (QED) is 0.644. The van der Waals surface area contributed by atoms with Crippen LogP contribution in [-0.2, 0) is 17.9 Å². The van der Waals surface area contributed by atoms with Gasteiger partial charge in [0.05, 0.1) is 5.69 Å². The van der Waals surface area contributed by atoms with E-state index < -0.39 is 29.5 Å². The fraction of sp³-hybridized carbons (Fsp3) is 0.368. The van der Waals surface area contributed by atoms with Crippen molar-refractivity contribution in [1.82, 2.24) is 14.1 Å². The standard InChI is InChI=1S/C19H19ClFN5O3S/c1-2-25-17(28)15-16(23-18(30-15)24-7-3-4-8-24)26(19(25)29)10-14(27)22-13-6-5-11(20)9-12(13)21/h5-6,9H,2-4,7-8,10H2,1H3,(H,22,27). The Morgan fingerprint density at radius 2 is 2.00 bits per heavy atom. The number of halogens is 2. The molecule has 0 unspecified atom stereocenters. The van der Waals surface area contributed by atoms with Crippen molar-refractivity contribution >= 4 is 50.0 Å². The molecule has 0 radical (unpaired) electrons. The SMILES string of the molecule is CCn1c(=O)c2sc(N3CCCC3)nc2n(CC(=O)Nc2ccc(Cl)cc2F)c1=O. The Bertz CT molecular complexity index is 1250. The second kappa shape index (κ2) is 8.19. The molecule has 30 heavy (non-hydrogen) atoms. The van der Waals surface area contributed by atoms with Crippen LogP contribution in [0.1, 0.15) is 19.8 Å². The third-order valence-corrected chi connectivity index (χ3v) is 6.28. The van der Waals surface area contributed by atoms with Gasteiger partial charge < -0.3 is 10.2 Å². The summed E-state index contributed by atoms with van der Waals surface area (Å²) < 4.78 is 16.6. The highest BCUT2D eigenvalue weighted by Crippen LogP contribution is 2.28. The molecule has 0 aliphatic carbocycles. The van der Waals surface area contributed by atoms with E-state index in [1.54, 1.807) is 6.92 Å². The number of anilines is 2. The summed E-state index contributed by atoms with van der Waals surface area (Å²) in [7, 11) is 0. The maximum Gasteiger partial charge on any atom is 0.333 e. The summed E-state index contributed by atoms with van der Waals surface area (Å²) in [5.41, 5.74) is -0.914. The lowest BCUT2D eigenvalue weighted by Crippen LogP contribution is -2.41. The molecule has 1 fully saturated rings. The highest BCUT2D eigenvalue weighted by atomic mass is 35.5. The van der Waals surface area contributed by atoms with Gasteiger partial charge in [-0.1, -0.05) is 22.9 Å². The first-order chi connectivity index (χ1) is 14.4. The fourth-order valence-corrected chi connectivity index (χ4v) is 4.69. The monoisotopic (exact) mass is 451 g/mol. The maximum atomic E-state index is 14.0. The summed E-state index contributed by atoms with van der Waals surface area (Å²) in [5, 5.41) is 3.30. The molecule has 0 atom stereocenters. The molecule has 158 valence electrons. The second-order valence-electron chi connectivity index (χ2n) is 6.93. The molecule has 0 saturated carbocycles. The van der Waals surface area contributed by atoms with Crippen LogP contribution in [0.3, 0.4) is 0 Å². The van der Waals surface area contributed by atoms with Crippen LogP contribution >= 0.6 is 22.9 Å². The van der Waals surface area contributed by atoms with Gasteiger partial charge in [-0.3, -0.25) is 18.7 Å². The molecular formula is C19H19ClFN5O3S. The molecule has 1 saturated heterocycles. The molecule has 3 heterocycles. The maximum absolute atomic E-state index is 14.0. The van der Waals surface area contributed by atoms with Crippen molar-refractivity contribution in [2.75, 3.05) is 23.3 Å². The number of thiazole rings is 1. The van der Waals surface area contributed by atoms with Crippen LogP contribution in [-0.4, -0.2) is 33.1 Å². The number of hydrogen-bond acceptors (Lipinski definition) is 6. The van der Waals surface area contributed by atoms with Crippen molar-refractivity contribution in [2.24, 2.45) is 0 Å². The largest absolute Gasteiger partial charge is 0.348 e. The minimum Gasteiger partial charge on any atom is -0.348 e. The molecule has 1 aliphatic rings. The van der Waals surface area contributed by atoms with Crippen LogP contribution in [0, 0.1) is 5.82 Å². The van der Waals surface area contributed by atoms with Gasteiger partial charge in [0.25, 0.3) is 5.56 Å². The van der Waals surface area contributed by atoms with Crippen molar-refractivity contribution < 1.29 is 9.18 Å². The van der Waals surface area contributed by atoms with Gasteiger partial charge in [-0.2, -0.15) is 0 Å². The zero-order chi connectivity index (χ0) is 21.4. The lowest BCUT2D eigenvalue weighted by molar-refractivity contribution is -0.116. The molecule has 0 spiro atoms. The van der Waals surface area contributed by atoms with Crippen LogP contribution in [0.25, 0.3) is 10.3 Å². The normalized spacial score (nSPS) is 13.9. The van der Waals surface area contributed by atoms with E-state index in [1.807, 2.05) is 0 Å². The number of carbonyl (C=O) groups excluding carboxylic acids is 1. The van der Waals surface area contributed by atoms with Gasteiger partial charge >= 0.3 is 5.69 Å². The number of hydrogen-bond donors (Lipinski definition) is 1. The summed E-state index contributed by atoms with van der Waals surface area (Å²) in [6.45, 7) is 3.12. The average molecular weight is 452 g/mol. The van der Waals surface area contributed by atoms with Gasteiger partial charge in [0.15, 0.2) is 10.8 Å². The Hall–Kier alpha value is -2.72. The number of nitrogens with zero attached hydrogens (tertiary/aromatic N) is 4. The first-order valence-corrected chi connectivity index (χ1v) is 10.7. The summed E-state index contributed by atoms with van der Waals surface area (Å²) in [5.74, 6) is -1.30. The van der Waals surface area contributed by atoms with E-state index in [0.29, 0.717) is 9.83 Å². The number of amides is 1. The lowest BCUT2D eigenvalue weighted by atomic mass is 10.3. The number of nitrogens with one attached hydrogen (secondary N) is 1. The third kappa shape index (κ3) is 3.72. The van der Waals surface area contributed by atoms with Crippen molar-refractivity contribution in [3.05, 3.63) is 49.9 Å². The molecule has 4 rings (SSSR count). The number of aromatic nitrogens is 3. The molecule has 2 aromatic heterocycles. The summed E-state index contributed by atoms with van der Waals surface area (Å²) in [6, 6.07) is 3.88. The lowest BCUT2D eigenvalue weighted by Gasteiger charge is -2.12. The van der Waals surface area contributed by atoms with Crippen LogP contribution in [0.5, 0.6) is 0 Å². The van der Waals surface area contributed by atoms with Gasteiger partial charge in [-0.05, 0) is 38.0 Å². The summed E-state index contributed by atoms with van der Waals surface area (Å²) >= 11 is 6.96. The van der Waals surface area contributed by atoms with Crippen molar-refractivity contribution in [3.8, 4) is 0 Å². The highest BCUT2D eigenvalue weighted by molar-refractivity contribution is 7.22. The Morgan fingerprint density at radius 1 is 1.27 bits per heavy atom. The highest BCUT2D eigenvalue weighted by Gasteiger charge is 2.23. The van der Waals surface area contributed by atoms with Gasteiger partial charge in [0, 0.05) is 24.7 Å². The van der Waals surface area contributed by atoms with Gasteiger partial charge in [-0.25, -0.2) is 14.2 Å². The predicted octanol–water partition coefficient (Wildman–Crippen LogP) is 2.67. The van der Waals surface area contributed by atoms with E-state index in [2.05, 4.69) is 15.2 Å². The zero-order valence-corrected chi connectivity index (χ0v) is 17.7. The molecule has 1 N–H and O–H groups in total. The number of fused-ring (bicyclic) bond motifs is 1. The molecule has 8 nitrogen and oxygen atoms in total. The average Bonchev–Trinajstić information content (AvgIpc) is 3.37. The Morgan fingerprint density at radius 3 is 2.67 bits per heavy atom. The smallest absolute Gasteiger partial charge is 0.333 e. The molecule has 0 bridgehead atoms. The topological polar surface area (TPSA) is 89.2 Å². The summed E-state index contributed by atoms with van der Waals surface area (Å²) in [6.07, 6.45) is 2.08. The van der Waals surface area contributed by atoms with E-state index in [4.69, 9.17) is 11.6 Å². The molecular weight excluding hydrogens is 433 g/mol. The molecule has 1 amide bonds. The van der Waals surface area contributed by atoms with Crippen LogP contribution in [0.4, 0.5) is 15.2 Å². The second-order valence-corrected chi connectivity index (χ2v) is 8.35. The predicted molar refractivity (Wildman–Crippen MR) is 115 cm³/mol. The third-order valence-electron chi connectivity index (χ3n) is 4.95. The van der Waals surface area contributed by atoms with Crippen LogP contribution in [0.15, 0.2) is 27.8 Å². The fourth-order valence-electron chi connectivity index (χ4n) is 3.46. The van der Waals surface area contributed by atoms with Gasteiger partial charge in [0.2, 0.25) is 5.91 Å². The van der Waals surface area contributed by atoms with E-state index in [0.717, 1.165) is 36.6 Å². The van der Waals surface area contributed by atoms with E-state index in [1.165, 1.54) is 28.0 Å². The van der Waals surface area contributed by atoms with Crippen LogP contribution in [0.2, 0.25) is 5.02 Å². The first kappa shape index (κ1) is 20.5. The van der Waals surface area contributed by atoms with Crippen molar-refractivity contribution in [3.63, 3.8) is 0 Å². The molecule has 1 aliphatic heterocycles. The number of rotatable bonds is 5. The molecule has 11 heteroatoms. The van der Waals surface area contributed by atoms with E-state index >= 15 is 0 Å². The van der Waals surface area contributed by atoms with E-state index in [-0.39, 0.29) is 22.9 Å². The Balaban J connectivity index is 1.74. The van der Waals surface area contributed by atoms with Crippen molar-refractivity contribution in [1.29, 1.82) is 0 Å². The minimum absolute atomic E-state index is 0.0476. The van der Waals surface area contributed by atoms with Gasteiger partial charge in [-0.15, -0.1) is 0 Å². The van der Waals surface area contributed by atoms with Crippen molar-refractivity contribution in [2.45, 2.75) is 32.9 Å². The number of carbonyl (C=O) groups is 1. The first-order valence-electron chi connectivity index (χ1n) is 9.53.